The third-order valence-electron chi connectivity index (χ3n) is 13.0. The van der Waals surface area contributed by atoms with Crippen molar-refractivity contribution in [2.45, 2.75) is 25.7 Å². The summed E-state index contributed by atoms with van der Waals surface area (Å²) in [5, 5.41) is 11.0. The largest absolute Gasteiger partial charge is 0.455 e. The molecule has 278 valence electrons. The van der Waals surface area contributed by atoms with Crippen LogP contribution in [0.5, 0.6) is 0 Å². The number of H-pyrrole nitrogens is 1. The van der Waals surface area contributed by atoms with Crippen LogP contribution in [0.15, 0.2) is 173 Å². The smallest absolute Gasteiger partial charge is 0.143 e. The lowest BCUT2D eigenvalue weighted by Gasteiger charge is -2.13. The molecule has 0 aliphatic heterocycles. The van der Waals surface area contributed by atoms with Crippen molar-refractivity contribution in [2.24, 2.45) is 0 Å². The predicted octanol–water partition coefficient (Wildman–Crippen LogP) is 13.6. The molecule has 11 aromatic rings. The monoisotopic (exact) mass is 755 g/mol. The summed E-state index contributed by atoms with van der Waals surface area (Å²) in [5.74, 6) is 0.989. The Bertz CT molecular complexity index is 3730. The number of para-hydroxylation sites is 3. The molecule has 0 unspecified atom stereocenters. The highest BCUT2D eigenvalue weighted by Gasteiger charge is 2.25. The first-order valence-electron chi connectivity index (χ1n) is 20.8. The summed E-state index contributed by atoms with van der Waals surface area (Å²) in [6.45, 7) is 0. The fourth-order valence-electron chi connectivity index (χ4n) is 10.3. The molecule has 2 aliphatic rings. The highest BCUT2D eigenvalue weighted by atomic mass is 16.3. The summed E-state index contributed by atoms with van der Waals surface area (Å²) < 4.78 is 14.0. The SMILES string of the molecule is C1=C(c2ccc3[nH]c4ccc(-c5cccc6c5oc5c(C7=c8ccccc8=CCC7)cccc56)cc4c3c2)c2oc3c(-c4cccc5ccccc45)cccc3c2CC1. The van der Waals surface area contributed by atoms with Gasteiger partial charge in [-0.1, -0.05) is 146 Å². The second kappa shape index (κ2) is 12.6. The molecule has 3 aromatic heterocycles. The molecule has 0 fully saturated rings. The average molecular weight is 756 g/mol. The van der Waals surface area contributed by atoms with Gasteiger partial charge in [-0.25, -0.2) is 0 Å². The average Bonchev–Trinajstić information content (AvgIpc) is 4.00. The molecule has 2 aliphatic carbocycles. The van der Waals surface area contributed by atoms with E-state index >= 15 is 0 Å². The maximum atomic E-state index is 6.99. The molecule has 0 bridgehead atoms. The number of allylic oxidation sites excluding steroid dienone is 1. The second-order valence-corrected chi connectivity index (χ2v) is 16.2. The van der Waals surface area contributed by atoms with Crippen LogP contribution in [-0.2, 0) is 6.42 Å². The van der Waals surface area contributed by atoms with Gasteiger partial charge in [0.25, 0.3) is 0 Å². The normalized spacial score (nSPS) is 14.0. The molecular weight excluding hydrogens is 719 g/mol. The fourth-order valence-corrected chi connectivity index (χ4v) is 10.3. The van der Waals surface area contributed by atoms with Crippen molar-refractivity contribution in [1.29, 1.82) is 0 Å². The standard InChI is InChI=1S/C56H37NO2/c1-3-15-37-33(11-1)13-5-19-41(37)43-21-9-25-47-45-23-7-17-39(53(45)58-55(43)47)35-27-29-51-49(31-35)50-32-36(28-30-52(50)57-51)40-18-8-24-46-48-26-10-22-44(56(48)59-54(40)46)42-20-6-14-34-12-2-4-16-38(34)42/h1-5,8-19,21-22,24-32,57H,6-7,20,23H2. The molecule has 3 heteroatoms. The summed E-state index contributed by atoms with van der Waals surface area (Å²) in [5.41, 5.74) is 15.9. The number of fused-ring (bicyclic) bond motifs is 11. The highest BCUT2D eigenvalue weighted by Crippen LogP contribution is 2.45. The number of hydrogen-bond donors (Lipinski definition) is 1. The van der Waals surface area contributed by atoms with E-state index in [9.17, 15) is 0 Å². The van der Waals surface area contributed by atoms with Gasteiger partial charge >= 0.3 is 0 Å². The lowest BCUT2D eigenvalue weighted by molar-refractivity contribution is 0.592. The molecule has 0 radical (unpaired) electrons. The molecule has 0 saturated heterocycles. The first-order chi connectivity index (χ1) is 29.2. The van der Waals surface area contributed by atoms with Gasteiger partial charge in [0.05, 0.1) is 0 Å². The first kappa shape index (κ1) is 32.7. The molecular formula is C56H37NO2. The molecule has 3 heterocycles. The van der Waals surface area contributed by atoms with Crippen molar-refractivity contribution >= 4 is 82.7 Å². The molecule has 59 heavy (non-hydrogen) atoms. The summed E-state index contributed by atoms with van der Waals surface area (Å²) in [6, 6.07) is 57.3. The molecule has 0 amide bonds. The van der Waals surface area contributed by atoms with Crippen molar-refractivity contribution in [3.8, 4) is 22.3 Å². The molecule has 0 spiro atoms. The van der Waals surface area contributed by atoms with Gasteiger partial charge < -0.3 is 13.8 Å². The van der Waals surface area contributed by atoms with Crippen LogP contribution in [0.2, 0.25) is 0 Å². The quantitative estimate of drug-likeness (QED) is 0.194. The van der Waals surface area contributed by atoms with Gasteiger partial charge in [-0.15, -0.1) is 0 Å². The van der Waals surface area contributed by atoms with Gasteiger partial charge in [0.2, 0.25) is 0 Å². The number of hydrogen-bond acceptors (Lipinski definition) is 2. The van der Waals surface area contributed by atoms with Gasteiger partial charge in [-0.3, -0.25) is 0 Å². The van der Waals surface area contributed by atoms with Crippen LogP contribution in [0, 0.1) is 0 Å². The molecule has 13 rings (SSSR count). The van der Waals surface area contributed by atoms with Crippen LogP contribution in [0.25, 0.3) is 105 Å². The zero-order chi connectivity index (χ0) is 38.6. The number of furan rings is 2. The van der Waals surface area contributed by atoms with E-state index in [1.165, 1.54) is 65.2 Å². The molecule has 0 atom stereocenters. The van der Waals surface area contributed by atoms with Crippen LogP contribution in [0.3, 0.4) is 0 Å². The minimum atomic E-state index is 0.929. The van der Waals surface area contributed by atoms with E-state index in [1.807, 2.05) is 0 Å². The van der Waals surface area contributed by atoms with Crippen molar-refractivity contribution < 1.29 is 8.83 Å². The van der Waals surface area contributed by atoms with Crippen molar-refractivity contribution in [2.75, 3.05) is 0 Å². The Morgan fingerprint density at radius 1 is 0.424 bits per heavy atom. The van der Waals surface area contributed by atoms with E-state index in [-0.39, 0.29) is 0 Å². The van der Waals surface area contributed by atoms with Crippen LogP contribution in [0.1, 0.15) is 41.7 Å². The fraction of sp³-hybridized carbons (Fsp3) is 0.0714. The Labute approximate surface area is 339 Å². The summed E-state index contributed by atoms with van der Waals surface area (Å²) in [6.07, 6.45) is 8.68. The Morgan fingerprint density at radius 2 is 1.05 bits per heavy atom. The highest BCUT2D eigenvalue weighted by molar-refractivity contribution is 6.14. The topological polar surface area (TPSA) is 42.1 Å². The number of nitrogens with one attached hydrogen (secondary N) is 1. The van der Waals surface area contributed by atoms with Crippen molar-refractivity contribution in [3.63, 3.8) is 0 Å². The molecule has 0 saturated carbocycles. The van der Waals surface area contributed by atoms with Crippen LogP contribution < -0.4 is 10.4 Å². The molecule has 1 N–H and O–H groups in total. The van der Waals surface area contributed by atoms with E-state index in [2.05, 4.69) is 175 Å². The lowest BCUT2D eigenvalue weighted by Crippen LogP contribution is -2.29. The number of benzene rings is 8. The van der Waals surface area contributed by atoms with E-state index in [0.717, 1.165) is 92.3 Å². The Morgan fingerprint density at radius 3 is 1.93 bits per heavy atom. The number of rotatable bonds is 4. The van der Waals surface area contributed by atoms with Gasteiger partial charge in [0.1, 0.15) is 22.5 Å². The van der Waals surface area contributed by atoms with E-state index in [0.29, 0.717) is 0 Å². The van der Waals surface area contributed by atoms with Crippen molar-refractivity contribution in [3.05, 3.63) is 197 Å². The van der Waals surface area contributed by atoms with Gasteiger partial charge in [0, 0.05) is 65.8 Å². The zero-order valence-electron chi connectivity index (χ0n) is 32.3. The summed E-state index contributed by atoms with van der Waals surface area (Å²) in [7, 11) is 0. The van der Waals surface area contributed by atoms with Crippen LogP contribution in [0.4, 0.5) is 0 Å². The van der Waals surface area contributed by atoms with Crippen molar-refractivity contribution in [1.82, 2.24) is 4.98 Å². The lowest BCUT2D eigenvalue weighted by atomic mass is 9.90. The Hall–Kier alpha value is -7.36. The third kappa shape index (κ3) is 4.88. The van der Waals surface area contributed by atoms with E-state index in [1.54, 1.807) is 0 Å². The number of aromatic amines is 1. The Balaban J connectivity index is 0.936. The summed E-state index contributed by atoms with van der Waals surface area (Å²) in [4.78, 5) is 3.71. The predicted molar refractivity (Wildman–Crippen MR) is 245 cm³/mol. The third-order valence-corrected chi connectivity index (χ3v) is 13.0. The van der Waals surface area contributed by atoms with Gasteiger partial charge in [-0.05, 0) is 93.4 Å². The van der Waals surface area contributed by atoms with E-state index < -0.39 is 0 Å². The number of aryl methyl sites for hydroxylation is 1. The zero-order valence-corrected chi connectivity index (χ0v) is 32.3. The van der Waals surface area contributed by atoms with Crippen LogP contribution >= 0.6 is 0 Å². The second-order valence-electron chi connectivity index (χ2n) is 16.2. The van der Waals surface area contributed by atoms with Gasteiger partial charge in [0.15, 0.2) is 0 Å². The van der Waals surface area contributed by atoms with Gasteiger partial charge in [-0.2, -0.15) is 0 Å². The number of aromatic nitrogens is 1. The van der Waals surface area contributed by atoms with Crippen LogP contribution in [-0.4, -0.2) is 4.98 Å². The first-order valence-corrected chi connectivity index (χ1v) is 20.8. The minimum absolute atomic E-state index is 0.929. The maximum Gasteiger partial charge on any atom is 0.143 e. The summed E-state index contributed by atoms with van der Waals surface area (Å²) >= 11 is 0. The molecule has 8 aromatic carbocycles. The van der Waals surface area contributed by atoms with E-state index in [4.69, 9.17) is 8.83 Å². The molecule has 3 nitrogen and oxygen atoms in total. The maximum absolute atomic E-state index is 6.99. The minimum Gasteiger partial charge on any atom is -0.455 e. The Kier molecular flexibility index (Phi) is 6.97.